The van der Waals surface area contributed by atoms with Crippen LogP contribution in [0, 0.1) is 0 Å². The standard InChI is InChI=1S/C20H19BrN4O/c21-16-5-8-19-18(11-16)15(12-22-19)13-23-24-20(26)14-3-6-17(7-4-14)25-9-1-2-10-25/h3-8,11-13,22H,1-2,9-10H2,(H,24,26)/b23-13+. The third-order valence-electron chi connectivity index (χ3n) is 4.65. The number of halogens is 1. The summed E-state index contributed by atoms with van der Waals surface area (Å²) >= 11 is 3.47. The molecule has 1 saturated heterocycles. The Hall–Kier alpha value is -2.60. The number of anilines is 1. The lowest BCUT2D eigenvalue weighted by Crippen LogP contribution is -2.19. The van der Waals surface area contributed by atoms with E-state index in [1.807, 2.05) is 48.7 Å². The van der Waals surface area contributed by atoms with Gasteiger partial charge in [0.15, 0.2) is 0 Å². The second-order valence-corrected chi connectivity index (χ2v) is 7.29. The third kappa shape index (κ3) is 3.51. The van der Waals surface area contributed by atoms with Crippen LogP contribution >= 0.6 is 15.9 Å². The van der Waals surface area contributed by atoms with Crippen molar-refractivity contribution in [3.05, 3.63) is 64.3 Å². The maximum absolute atomic E-state index is 12.3. The Morgan fingerprint density at radius 2 is 1.92 bits per heavy atom. The highest BCUT2D eigenvalue weighted by atomic mass is 79.9. The van der Waals surface area contributed by atoms with Gasteiger partial charge in [-0.05, 0) is 55.3 Å². The normalized spacial score (nSPS) is 14.4. The summed E-state index contributed by atoms with van der Waals surface area (Å²) in [5.74, 6) is -0.213. The average Bonchev–Trinajstić information content (AvgIpc) is 3.32. The molecule has 0 saturated carbocycles. The Labute approximate surface area is 160 Å². The molecule has 6 heteroatoms. The van der Waals surface area contributed by atoms with Crippen LogP contribution in [0.5, 0.6) is 0 Å². The van der Waals surface area contributed by atoms with E-state index < -0.39 is 0 Å². The van der Waals surface area contributed by atoms with Gasteiger partial charge in [-0.1, -0.05) is 15.9 Å². The number of hydrogen-bond donors (Lipinski definition) is 2. The number of nitrogens with one attached hydrogen (secondary N) is 2. The number of fused-ring (bicyclic) bond motifs is 1. The van der Waals surface area contributed by atoms with Crippen molar-refractivity contribution in [2.45, 2.75) is 12.8 Å². The highest BCUT2D eigenvalue weighted by molar-refractivity contribution is 9.10. The van der Waals surface area contributed by atoms with Crippen LogP contribution in [-0.2, 0) is 0 Å². The minimum absolute atomic E-state index is 0.213. The first-order valence-corrected chi connectivity index (χ1v) is 9.45. The Morgan fingerprint density at radius 1 is 1.15 bits per heavy atom. The molecule has 5 nitrogen and oxygen atoms in total. The van der Waals surface area contributed by atoms with Crippen LogP contribution in [0.4, 0.5) is 5.69 Å². The second kappa shape index (κ2) is 7.33. The smallest absolute Gasteiger partial charge is 0.271 e. The van der Waals surface area contributed by atoms with E-state index in [0.29, 0.717) is 5.56 Å². The van der Waals surface area contributed by atoms with Crippen LogP contribution in [0.2, 0.25) is 0 Å². The molecule has 4 rings (SSSR count). The number of H-pyrrole nitrogens is 1. The van der Waals surface area contributed by atoms with E-state index >= 15 is 0 Å². The number of nitrogens with zero attached hydrogens (tertiary/aromatic N) is 2. The molecule has 0 unspecified atom stereocenters. The molecule has 2 aromatic carbocycles. The predicted molar refractivity (Wildman–Crippen MR) is 109 cm³/mol. The van der Waals surface area contributed by atoms with Crippen LogP contribution in [0.15, 0.2) is 58.2 Å². The zero-order valence-electron chi connectivity index (χ0n) is 14.2. The van der Waals surface area contributed by atoms with Gasteiger partial charge in [-0.25, -0.2) is 5.43 Å². The quantitative estimate of drug-likeness (QED) is 0.497. The number of carbonyl (C=O) groups excluding carboxylic acids is 1. The number of carbonyl (C=O) groups is 1. The summed E-state index contributed by atoms with van der Waals surface area (Å²) in [6.45, 7) is 2.19. The van der Waals surface area contributed by atoms with E-state index in [9.17, 15) is 4.79 Å². The molecule has 1 aliphatic heterocycles. The summed E-state index contributed by atoms with van der Waals surface area (Å²) in [5.41, 5.74) is 6.32. The fourth-order valence-corrected chi connectivity index (χ4v) is 3.61. The molecule has 1 amide bonds. The molecule has 0 spiro atoms. The summed E-state index contributed by atoms with van der Waals surface area (Å²) in [4.78, 5) is 17.8. The number of rotatable bonds is 4. The van der Waals surface area contributed by atoms with Gasteiger partial charge in [0.05, 0.1) is 6.21 Å². The molecule has 0 radical (unpaired) electrons. The second-order valence-electron chi connectivity index (χ2n) is 6.37. The number of aromatic nitrogens is 1. The third-order valence-corrected chi connectivity index (χ3v) is 5.14. The van der Waals surface area contributed by atoms with Gasteiger partial charge in [0.2, 0.25) is 0 Å². The Morgan fingerprint density at radius 3 is 2.69 bits per heavy atom. The van der Waals surface area contributed by atoms with Crippen molar-refractivity contribution in [1.82, 2.24) is 10.4 Å². The first kappa shape index (κ1) is 16.8. The molecular weight excluding hydrogens is 392 g/mol. The number of aromatic amines is 1. The summed E-state index contributed by atoms with van der Waals surface area (Å²) in [5, 5.41) is 5.15. The number of amides is 1. The van der Waals surface area contributed by atoms with Crippen molar-refractivity contribution in [3.63, 3.8) is 0 Å². The molecule has 2 N–H and O–H groups in total. The van der Waals surface area contributed by atoms with Crippen molar-refractivity contribution >= 4 is 44.6 Å². The number of hydrogen-bond acceptors (Lipinski definition) is 3. The van der Waals surface area contributed by atoms with Crippen molar-refractivity contribution in [1.29, 1.82) is 0 Å². The molecule has 26 heavy (non-hydrogen) atoms. The minimum atomic E-state index is -0.213. The van der Waals surface area contributed by atoms with Crippen LogP contribution < -0.4 is 10.3 Å². The first-order chi connectivity index (χ1) is 12.7. The van der Waals surface area contributed by atoms with Crippen LogP contribution in [-0.4, -0.2) is 30.2 Å². The topological polar surface area (TPSA) is 60.5 Å². The van der Waals surface area contributed by atoms with Gasteiger partial charge in [-0.3, -0.25) is 4.79 Å². The van der Waals surface area contributed by atoms with E-state index in [-0.39, 0.29) is 5.91 Å². The van der Waals surface area contributed by atoms with Gasteiger partial charge in [-0.2, -0.15) is 5.10 Å². The summed E-state index contributed by atoms with van der Waals surface area (Å²) < 4.78 is 1.00. The van der Waals surface area contributed by atoms with E-state index in [2.05, 4.69) is 36.3 Å². The highest BCUT2D eigenvalue weighted by Gasteiger charge is 2.13. The molecule has 2 heterocycles. The molecule has 0 aliphatic carbocycles. The first-order valence-electron chi connectivity index (χ1n) is 8.66. The van der Waals surface area contributed by atoms with Gasteiger partial charge in [0, 0.05) is 51.5 Å². The van der Waals surface area contributed by atoms with Gasteiger partial charge in [-0.15, -0.1) is 0 Å². The van der Waals surface area contributed by atoms with E-state index in [1.165, 1.54) is 18.5 Å². The van der Waals surface area contributed by atoms with Crippen molar-refractivity contribution in [2.24, 2.45) is 5.10 Å². The van der Waals surface area contributed by atoms with Gasteiger partial charge < -0.3 is 9.88 Å². The van der Waals surface area contributed by atoms with Crippen LogP contribution in [0.3, 0.4) is 0 Å². The lowest BCUT2D eigenvalue weighted by molar-refractivity contribution is 0.0955. The molecular formula is C20H19BrN4O. The molecule has 1 fully saturated rings. The monoisotopic (exact) mass is 410 g/mol. The summed E-state index contributed by atoms with van der Waals surface area (Å²) in [7, 11) is 0. The molecule has 0 atom stereocenters. The fraction of sp³-hybridized carbons (Fsp3) is 0.200. The Balaban J connectivity index is 1.42. The summed E-state index contributed by atoms with van der Waals surface area (Å²) in [6.07, 6.45) is 6.00. The van der Waals surface area contributed by atoms with Crippen LogP contribution in [0.25, 0.3) is 10.9 Å². The Bertz CT molecular complexity index is 956. The molecule has 3 aromatic rings. The van der Waals surface area contributed by atoms with E-state index in [0.717, 1.165) is 34.0 Å². The maximum Gasteiger partial charge on any atom is 0.271 e. The van der Waals surface area contributed by atoms with E-state index in [4.69, 9.17) is 0 Å². The molecule has 0 bridgehead atoms. The molecule has 1 aromatic heterocycles. The van der Waals surface area contributed by atoms with Gasteiger partial charge in [0.1, 0.15) is 0 Å². The van der Waals surface area contributed by atoms with Crippen molar-refractivity contribution in [2.75, 3.05) is 18.0 Å². The van der Waals surface area contributed by atoms with Gasteiger partial charge >= 0.3 is 0 Å². The fourth-order valence-electron chi connectivity index (χ4n) is 3.25. The zero-order valence-corrected chi connectivity index (χ0v) is 15.8. The minimum Gasteiger partial charge on any atom is -0.372 e. The summed E-state index contributed by atoms with van der Waals surface area (Å²) in [6, 6.07) is 13.7. The number of benzene rings is 2. The lowest BCUT2D eigenvalue weighted by atomic mass is 10.2. The number of hydrazone groups is 1. The zero-order chi connectivity index (χ0) is 17.9. The highest BCUT2D eigenvalue weighted by Crippen LogP contribution is 2.22. The lowest BCUT2D eigenvalue weighted by Gasteiger charge is -2.17. The van der Waals surface area contributed by atoms with Gasteiger partial charge in [0.25, 0.3) is 5.91 Å². The maximum atomic E-state index is 12.3. The van der Waals surface area contributed by atoms with Crippen LogP contribution in [0.1, 0.15) is 28.8 Å². The molecule has 132 valence electrons. The Kier molecular flexibility index (Phi) is 4.75. The van der Waals surface area contributed by atoms with Crippen molar-refractivity contribution < 1.29 is 4.79 Å². The van der Waals surface area contributed by atoms with E-state index in [1.54, 1.807) is 6.21 Å². The van der Waals surface area contributed by atoms with Crippen molar-refractivity contribution in [3.8, 4) is 0 Å². The average molecular weight is 411 g/mol. The molecule has 1 aliphatic rings. The predicted octanol–water partition coefficient (Wildman–Crippen LogP) is 4.29. The largest absolute Gasteiger partial charge is 0.372 e. The SMILES string of the molecule is O=C(N/N=C/c1c[nH]c2ccc(Br)cc12)c1ccc(N2CCCC2)cc1.